The summed E-state index contributed by atoms with van der Waals surface area (Å²) < 4.78 is 0. The quantitative estimate of drug-likeness (QED) is 0.0573. The van der Waals surface area contributed by atoms with Gasteiger partial charge in [0.05, 0.1) is 0 Å². The van der Waals surface area contributed by atoms with E-state index in [1.165, 1.54) is 154 Å². The maximum absolute atomic E-state index is 13.8. The molecule has 0 aromatic carbocycles. The highest BCUT2D eigenvalue weighted by Gasteiger charge is 2.22. The first-order valence-electron chi connectivity index (χ1n) is 27.3. The van der Waals surface area contributed by atoms with Gasteiger partial charge in [0.1, 0.15) is 0 Å². The van der Waals surface area contributed by atoms with Crippen LogP contribution in [-0.2, 0) is 9.59 Å². The Hall–Kier alpha value is -1.14. The number of nitrogens with zero attached hydrogens (tertiary/aromatic N) is 4. The average Bonchev–Trinajstić information content (AvgIpc) is 3.25. The summed E-state index contributed by atoms with van der Waals surface area (Å²) in [5, 5.41) is 0. The number of amides is 2. The Morgan fingerprint density at radius 3 is 0.817 bits per heavy atom. The van der Waals surface area contributed by atoms with Crippen LogP contribution >= 0.6 is 0 Å². The molecule has 0 radical (unpaired) electrons. The molecule has 0 bridgehead atoms. The average molecular weight is 847 g/mol. The molecule has 0 aromatic rings. The molecule has 6 heteroatoms. The zero-order valence-corrected chi connectivity index (χ0v) is 42.5. The highest BCUT2D eigenvalue weighted by Crippen LogP contribution is 2.19. The number of hydrogen-bond donors (Lipinski definition) is 0. The van der Waals surface area contributed by atoms with Gasteiger partial charge in [0.15, 0.2) is 0 Å². The molecule has 0 N–H and O–H groups in total. The van der Waals surface area contributed by atoms with Crippen LogP contribution in [0.15, 0.2) is 0 Å². The topological polar surface area (TPSA) is 47.1 Å². The summed E-state index contributed by atoms with van der Waals surface area (Å²) in [6.07, 6.45) is 42.3. The van der Waals surface area contributed by atoms with Crippen LogP contribution in [0.4, 0.5) is 0 Å². The second-order valence-corrected chi connectivity index (χ2v) is 18.9. The van der Waals surface area contributed by atoms with Gasteiger partial charge in [0.2, 0.25) is 11.8 Å². The molecule has 2 unspecified atom stereocenters. The van der Waals surface area contributed by atoms with Crippen LogP contribution in [0.3, 0.4) is 0 Å². The van der Waals surface area contributed by atoms with E-state index in [2.05, 4.69) is 75.0 Å². The van der Waals surface area contributed by atoms with Crippen LogP contribution in [0.2, 0.25) is 0 Å². The summed E-state index contributed by atoms with van der Waals surface area (Å²) in [5.41, 5.74) is 0. The molecular weight excluding hydrogens is 737 g/mol. The molecular formula is C54H110N4O2. The summed E-state index contributed by atoms with van der Waals surface area (Å²) in [7, 11) is 0. The van der Waals surface area contributed by atoms with Gasteiger partial charge in [0, 0.05) is 38.0 Å². The predicted molar refractivity (Wildman–Crippen MR) is 266 cm³/mol. The first-order valence-corrected chi connectivity index (χ1v) is 27.3. The Balaban J connectivity index is 5.03. The minimum atomic E-state index is 0.266. The van der Waals surface area contributed by atoms with Gasteiger partial charge in [-0.1, -0.05) is 196 Å². The Morgan fingerprint density at radius 1 is 0.317 bits per heavy atom. The van der Waals surface area contributed by atoms with Crippen LogP contribution in [0.1, 0.15) is 274 Å². The van der Waals surface area contributed by atoms with Crippen LogP contribution in [-0.4, -0.2) is 95.9 Å². The third-order valence-corrected chi connectivity index (χ3v) is 13.7. The van der Waals surface area contributed by atoms with E-state index in [-0.39, 0.29) is 12.1 Å². The van der Waals surface area contributed by atoms with Gasteiger partial charge in [-0.15, -0.1) is 0 Å². The molecule has 2 amide bonds. The number of carbonyl (C=O) groups excluding carboxylic acids is 2. The zero-order chi connectivity index (χ0) is 44.3. The Kier molecular flexibility index (Phi) is 43.6. The van der Waals surface area contributed by atoms with Crippen molar-refractivity contribution in [3.8, 4) is 0 Å². The van der Waals surface area contributed by atoms with Crippen molar-refractivity contribution in [1.82, 2.24) is 19.6 Å². The predicted octanol–water partition coefficient (Wildman–Crippen LogP) is 15.4. The highest BCUT2D eigenvalue weighted by molar-refractivity contribution is 5.77. The first-order chi connectivity index (χ1) is 29.3. The number of unbranched alkanes of at least 4 members (excludes halogenated alkanes) is 25. The molecule has 0 aliphatic heterocycles. The summed E-state index contributed by atoms with van der Waals surface area (Å²) in [6, 6.07) is 0.532. The van der Waals surface area contributed by atoms with Crippen molar-refractivity contribution in [2.75, 3.05) is 52.4 Å². The van der Waals surface area contributed by atoms with Crippen molar-refractivity contribution in [3.05, 3.63) is 0 Å². The molecule has 2 atom stereocenters. The molecule has 6 nitrogen and oxygen atoms in total. The largest absolute Gasteiger partial charge is 0.340 e. The van der Waals surface area contributed by atoms with Crippen molar-refractivity contribution in [3.63, 3.8) is 0 Å². The summed E-state index contributed by atoms with van der Waals surface area (Å²) in [6.45, 7) is 26.4. The fraction of sp³-hybridized carbons (Fsp3) is 0.963. The molecule has 358 valence electrons. The fourth-order valence-corrected chi connectivity index (χ4v) is 9.23. The summed E-state index contributed by atoms with van der Waals surface area (Å²) in [5.74, 6) is 0.710. The first kappa shape index (κ1) is 58.9. The lowest BCUT2D eigenvalue weighted by Crippen LogP contribution is -2.41. The minimum absolute atomic E-state index is 0.266. The van der Waals surface area contributed by atoms with Gasteiger partial charge in [-0.25, -0.2) is 0 Å². The monoisotopic (exact) mass is 847 g/mol. The van der Waals surface area contributed by atoms with E-state index in [0.29, 0.717) is 24.7 Å². The lowest BCUT2D eigenvalue weighted by Gasteiger charge is -2.32. The third-order valence-electron chi connectivity index (χ3n) is 13.7. The number of rotatable bonds is 47. The van der Waals surface area contributed by atoms with Gasteiger partial charge < -0.3 is 19.6 Å². The van der Waals surface area contributed by atoms with E-state index >= 15 is 0 Å². The van der Waals surface area contributed by atoms with Gasteiger partial charge >= 0.3 is 0 Å². The second-order valence-electron chi connectivity index (χ2n) is 18.9. The lowest BCUT2D eigenvalue weighted by molar-refractivity contribution is -0.135. The second kappa shape index (κ2) is 44.5. The van der Waals surface area contributed by atoms with Gasteiger partial charge in [-0.3, -0.25) is 9.59 Å². The SMILES string of the molecule is CCCCCCCCCCCCCCCC(=O)N(CCCCN(C(=O)CCCCCCCCCCCCCCC)C(C)CCCN(CC)CC)C(C)CCCN(CC)CC. The Bertz CT molecular complexity index is 834. The Morgan fingerprint density at radius 2 is 0.567 bits per heavy atom. The summed E-state index contributed by atoms with van der Waals surface area (Å²) in [4.78, 5) is 37.1. The molecule has 0 aliphatic rings. The van der Waals surface area contributed by atoms with Crippen molar-refractivity contribution in [1.29, 1.82) is 0 Å². The van der Waals surface area contributed by atoms with Crippen molar-refractivity contribution < 1.29 is 9.59 Å². The van der Waals surface area contributed by atoms with Crippen LogP contribution in [0, 0.1) is 0 Å². The van der Waals surface area contributed by atoms with Gasteiger partial charge in [-0.2, -0.15) is 0 Å². The van der Waals surface area contributed by atoms with Crippen LogP contribution in [0.25, 0.3) is 0 Å². The van der Waals surface area contributed by atoms with Crippen molar-refractivity contribution >= 4 is 11.8 Å². The van der Waals surface area contributed by atoms with Crippen LogP contribution < -0.4 is 0 Å². The van der Waals surface area contributed by atoms with E-state index in [9.17, 15) is 9.59 Å². The highest BCUT2D eigenvalue weighted by atomic mass is 16.2. The molecule has 0 aromatic heterocycles. The maximum atomic E-state index is 13.8. The van der Waals surface area contributed by atoms with Crippen molar-refractivity contribution in [2.45, 2.75) is 286 Å². The van der Waals surface area contributed by atoms with Crippen LogP contribution in [0.5, 0.6) is 0 Å². The molecule has 0 fully saturated rings. The van der Waals surface area contributed by atoms with Gasteiger partial charge in [-0.05, 0) is 104 Å². The number of carbonyl (C=O) groups is 2. The van der Waals surface area contributed by atoms with E-state index in [4.69, 9.17) is 0 Å². The van der Waals surface area contributed by atoms with E-state index in [0.717, 1.165) is 104 Å². The maximum Gasteiger partial charge on any atom is 0.222 e. The summed E-state index contributed by atoms with van der Waals surface area (Å²) >= 11 is 0. The standard InChI is InChI=1S/C54H110N4O2/c1-9-15-17-19-21-23-25-27-29-31-33-35-37-45-53(59)57(51(7)43-41-47-55(11-3)12-4)49-39-40-50-58(52(8)44-42-48-56(13-5)14-6)54(60)46-38-36-34-32-30-28-26-24-22-20-18-16-10-2/h51-52H,9-50H2,1-8H3. The molecule has 0 saturated carbocycles. The molecule has 60 heavy (non-hydrogen) atoms. The third kappa shape index (κ3) is 34.4. The molecule has 0 heterocycles. The van der Waals surface area contributed by atoms with E-state index in [1.807, 2.05) is 0 Å². The smallest absolute Gasteiger partial charge is 0.222 e. The van der Waals surface area contributed by atoms with Crippen molar-refractivity contribution in [2.24, 2.45) is 0 Å². The minimum Gasteiger partial charge on any atom is -0.340 e. The zero-order valence-electron chi connectivity index (χ0n) is 42.5. The van der Waals surface area contributed by atoms with E-state index < -0.39 is 0 Å². The molecule has 0 saturated heterocycles. The van der Waals surface area contributed by atoms with Gasteiger partial charge in [0.25, 0.3) is 0 Å². The molecule has 0 rings (SSSR count). The number of hydrogen-bond acceptors (Lipinski definition) is 4. The lowest BCUT2D eigenvalue weighted by atomic mass is 10.0. The van der Waals surface area contributed by atoms with E-state index in [1.54, 1.807) is 0 Å². The molecule has 0 aliphatic carbocycles. The Labute approximate surface area is 377 Å². The fourth-order valence-electron chi connectivity index (χ4n) is 9.23. The normalized spacial score (nSPS) is 12.8. The molecule has 0 spiro atoms.